The Hall–Kier alpha value is -0.0800. The minimum Gasteiger partial charge on any atom is -0.379 e. The van der Waals surface area contributed by atoms with Crippen LogP contribution < -0.4 is 5.32 Å². The average molecular weight is 102 g/mol. The lowest BCUT2D eigenvalue weighted by atomic mass is 10.5. The summed E-state index contributed by atoms with van der Waals surface area (Å²) in [4.78, 5) is 0. The molecule has 0 saturated carbocycles. The van der Waals surface area contributed by atoms with E-state index in [0.29, 0.717) is 0 Å². The maximum atomic E-state index is 4.55. The van der Waals surface area contributed by atoms with Crippen molar-refractivity contribution < 1.29 is 4.74 Å². The number of nitrogens with one attached hydrogen (secondary N) is 1. The van der Waals surface area contributed by atoms with Gasteiger partial charge in [0, 0.05) is 6.61 Å². The van der Waals surface area contributed by atoms with Crippen molar-refractivity contribution >= 4 is 0 Å². The van der Waals surface area contributed by atoms with Gasteiger partial charge in [-0.25, -0.2) is 0 Å². The van der Waals surface area contributed by atoms with Gasteiger partial charge in [0.1, 0.15) is 0 Å². The van der Waals surface area contributed by atoms with Crippen molar-refractivity contribution in [3.05, 3.63) is 7.11 Å². The first kappa shape index (κ1) is 6.92. The van der Waals surface area contributed by atoms with Crippen LogP contribution in [0.15, 0.2) is 0 Å². The molecule has 2 nitrogen and oxygen atoms in total. The molecule has 0 amide bonds. The van der Waals surface area contributed by atoms with Gasteiger partial charge in [0.25, 0.3) is 0 Å². The Morgan fingerprint density at radius 1 is 1.71 bits per heavy atom. The van der Waals surface area contributed by atoms with Crippen LogP contribution in [0.1, 0.15) is 6.42 Å². The molecule has 0 atom stereocenters. The van der Waals surface area contributed by atoms with Crippen molar-refractivity contribution in [2.45, 2.75) is 6.42 Å². The van der Waals surface area contributed by atoms with Crippen molar-refractivity contribution in [2.75, 3.05) is 20.2 Å². The molecule has 7 heavy (non-hydrogen) atoms. The Kier molecular flexibility index (Phi) is 5.85. The predicted molar refractivity (Wildman–Crippen MR) is 29.9 cm³/mol. The van der Waals surface area contributed by atoms with Crippen molar-refractivity contribution in [1.82, 2.24) is 5.32 Å². The SMILES string of the molecule is [CH2]OCCCNC. The molecular formula is C5H12NO. The Morgan fingerprint density at radius 2 is 2.43 bits per heavy atom. The molecule has 2 heteroatoms. The molecule has 0 aromatic heterocycles. The maximum Gasteiger partial charge on any atom is 0.0700 e. The highest BCUT2D eigenvalue weighted by atomic mass is 16.5. The molecule has 0 bridgehead atoms. The molecule has 0 spiro atoms. The molecule has 43 valence electrons. The minimum atomic E-state index is 0.751. The van der Waals surface area contributed by atoms with E-state index in [1.54, 1.807) is 0 Å². The van der Waals surface area contributed by atoms with E-state index in [1.807, 2.05) is 7.05 Å². The van der Waals surface area contributed by atoms with Gasteiger partial charge < -0.3 is 10.1 Å². The van der Waals surface area contributed by atoms with E-state index >= 15 is 0 Å². The van der Waals surface area contributed by atoms with Gasteiger partial charge >= 0.3 is 0 Å². The highest BCUT2D eigenvalue weighted by Crippen LogP contribution is 1.74. The van der Waals surface area contributed by atoms with E-state index in [0.717, 1.165) is 19.6 Å². The molecule has 0 heterocycles. The van der Waals surface area contributed by atoms with Gasteiger partial charge in [-0.1, -0.05) is 0 Å². The molecule has 1 radical (unpaired) electrons. The Balaban J connectivity index is 2.45. The summed E-state index contributed by atoms with van der Waals surface area (Å²) in [7, 11) is 5.15. The topological polar surface area (TPSA) is 21.3 Å². The van der Waals surface area contributed by atoms with Crippen molar-refractivity contribution in [3.8, 4) is 0 Å². The number of hydrogen-bond donors (Lipinski definition) is 1. The number of rotatable bonds is 4. The van der Waals surface area contributed by atoms with Gasteiger partial charge in [-0.15, -0.1) is 0 Å². The second kappa shape index (κ2) is 5.92. The van der Waals surface area contributed by atoms with Crippen LogP contribution in [0, 0.1) is 7.11 Å². The van der Waals surface area contributed by atoms with Gasteiger partial charge in [-0.3, -0.25) is 0 Å². The smallest absolute Gasteiger partial charge is 0.0700 e. The van der Waals surface area contributed by atoms with E-state index < -0.39 is 0 Å². The van der Waals surface area contributed by atoms with E-state index in [2.05, 4.69) is 17.2 Å². The van der Waals surface area contributed by atoms with Crippen LogP contribution >= 0.6 is 0 Å². The predicted octanol–water partition coefficient (Wildman–Crippen LogP) is 0.404. The van der Waals surface area contributed by atoms with Crippen LogP contribution in [0.3, 0.4) is 0 Å². The first-order valence-corrected chi connectivity index (χ1v) is 2.43. The summed E-state index contributed by atoms with van der Waals surface area (Å²) < 4.78 is 4.55. The first-order chi connectivity index (χ1) is 3.41. The third kappa shape index (κ3) is 5.92. The van der Waals surface area contributed by atoms with Gasteiger partial charge in [-0.05, 0) is 20.0 Å². The lowest BCUT2D eigenvalue weighted by Gasteiger charge is -1.94. The third-order valence-electron chi connectivity index (χ3n) is 0.715. The van der Waals surface area contributed by atoms with Gasteiger partial charge in [0.15, 0.2) is 0 Å². The Morgan fingerprint density at radius 3 is 2.86 bits per heavy atom. The van der Waals surface area contributed by atoms with E-state index in [1.165, 1.54) is 0 Å². The van der Waals surface area contributed by atoms with Crippen molar-refractivity contribution in [2.24, 2.45) is 0 Å². The molecular weight excluding hydrogens is 90.1 g/mol. The van der Waals surface area contributed by atoms with E-state index in [4.69, 9.17) is 0 Å². The summed E-state index contributed by atoms with van der Waals surface area (Å²) >= 11 is 0. The highest BCUT2D eigenvalue weighted by molar-refractivity contribution is 4.37. The second-order valence-electron chi connectivity index (χ2n) is 1.37. The largest absolute Gasteiger partial charge is 0.379 e. The van der Waals surface area contributed by atoms with Gasteiger partial charge in [0.05, 0.1) is 7.11 Å². The Labute approximate surface area is 44.9 Å². The first-order valence-electron chi connectivity index (χ1n) is 2.43. The zero-order chi connectivity index (χ0) is 5.54. The quantitative estimate of drug-likeness (QED) is 0.519. The zero-order valence-corrected chi connectivity index (χ0v) is 4.74. The summed E-state index contributed by atoms with van der Waals surface area (Å²) in [6, 6.07) is 0. The number of hydrogen-bond acceptors (Lipinski definition) is 2. The molecule has 0 aliphatic heterocycles. The standard InChI is InChI=1S/C5H12NO/c1-6-4-3-5-7-2/h6H,2-5H2,1H3. The van der Waals surface area contributed by atoms with Gasteiger partial charge in [0.2, 0.25) is 0 Å². The molecule has 0 aromatic carbocycles. The van der Waals surface area contributed by atoms with Crippen LogP contribution in [-0.4, -0.2) is 20.2 Å². The highest BCUT2D eigenvalue weighted by Gasteiger charge is 1.78. The van der Waals surface area contributed by atoms with E-state index in [-0.39, 0.29) is 0 Å². The van der Waals surface area contributed by atoms with E-state index in [9.17, 15) is 0 Å². The molecule has 0 rings (SSSR count). The maximum absolute atomic E-state index is 4.55. The molecule has 0 aliphatic carbocycles. The van der Waals surface area contributed by atoms with Crippen molar-refractivity contribution in [3.63, 3.8) is 0 Å². The Bertz CT molecular complexity index is 27.3. The summed E-state index contributed by atoms with van der Waals surface area (Å²) in [6.45, 7) is 1.76. The molecule has 0 aliphatic rings. The van der Waals surface area contributed by atoms with Crippen LogP contribution in [-0.2, 0) is 4.74 Å². The molecule has 0 aromatic rings. The van der Waals surface area contributed by atoms with Gasteiger partial charge in [-0.2, -0.15) is 0 Å². The van der Waals surface area contributed by atoms with Crippen LogP contribution in [0.5, 0.6) is 0 Å². The summed E-state index contributed by atoms with van der Waals surface area (Å²) in [5.74, 6) is 0. The second-order valence-corrected chi connectivity index (χ2v) is 1.37. The lowest BCUT2D eigenvalue weighted by Crippen LogP contribution is -2.09. The molecule has 0 saturated heterocycles. The number of ether oxygens (including phenoxy) is 1. The van der Waals surface area contributed by atoms with Crippen LogP contribution in [0.25, 0.3) is 0 Å². The minimum absolute atomic E-state index is 0.751. The normalized spacial score (nSPS) is 9.43. The fourth-order valence-corrected chi connectivity index (χ4v) is 0.351. The summed E-state index contributed by atoms with van der Waals surface area (Å²) in [5, 5.41) is 2.99. The summed E-state index contributed by atoms with van der Waals surface area (Å²) in [5.41, 5.74) is 0. The lowest BCUT2D eigenvalue weighted by molar-refractivity contribution is 0.237. The third-order valence-corrected chi connectivity index (χ3v) is 0.715. The molecule has 1 N–H and O–H groups in total. The fourth-order valence-electron chi connectivity index (χ4n) is 0.351. The average Bonchev–Trinajstić information content (AvgIpc) is 1.69. The molecule has 0 fully saturated rings. The summed E-state index contributed by atoms with van der Waals surface area (Å²) in [6.07, 6.45) is 1.04. The van der Waals surface area contributed by atoms with Crippen molar-refractivity contribution in [1.29, 1.82) is 0 Å². The monoisotopic (exact) mass is 102 g/mol. The fraction of sp³-hybridized carbons (Fsp3) is 0.800. The molecule has 0 unspecified atom stereocenters. The zero-order valence-electron chi connectivity index (χ0n) is 4.74. The van der Waals surface area contributed by atoms with Crippen LogP contribution in [0.4, 0.5) is 0 Å². The van der Waals surface area contributed by atoms with Crippen LogP contribution in [0.2, 0.25) is 0 Å².